The van der Waals surface area contributed by atoms with Crippen molar-refractivity contribution in [1.29, 1.82) is 0 Å². The van der Waals surface area contributed by atoms with Gasteiger partial charge in [-0.15, -0.1) is 24.0 Å². The largest absolute Gasteiger partial charge is 0.352 e. The summed E-state index contributed by atoms with van der Waals surface area (Å²) >= 11 is 0. The van der Waals surface area contributed by atoms with E-state index in [-0.39, 0.29) is 29.9 Å². The van der Waals surface area contributed by atoms with Gasteiger partial charge in [-0.1, -0.05) is 32.4 Å². The average molecular weight is 486 g/mol. The number of guanidine groups is 1. The Morgan fingerprint density at radius 3 is 2.52 bits per heavy atom. The molecule has 1 heterocycles. The topological polar surface area (TPSA) is 47.9 Å². The number of carbonyl (C=O) groups is 1. The van der Waals surface area contributed by atoms with E-state index < -0.39 is 0 Å². The molecular formula is C21H35IN4O. The van der Waals surface area contributed by atoms with Gasteiger partial charge in [0, 0.05) is 46.3 Å². The maximum atomic E-state index is 12.0. The van der Waals surface area contributed by atoms with Gasteiger partial charge < -0.3 is 15.1 Å². The van der Waals surface area contributed by atoms with E-state index >= 15 is 0 Å². The molecule has 1 unspecified atom stereocenters. The van der Waals surface area contributed by atoms with Crippen LogP contribution in [0.1, 0.15) is 55.5 Å². The Balaban J connectivity index is 0.00000364. The second-order valence-electron chi connectivity index (χ2n) is 7.88. The van der Waals surface area contributed by atoms with E-state index in [1.165, 1.54) is 25.7 Å². The normalized spacial score (nSPS) is 20.0. The fourth-order valence-corrected chi connectivity index (χ4v) is 3.84. The van der Waals surface area contributed by atoms with Gasteiger partial charge in [0.15, 0.2) is 5.96 Å². The van der Waals surface area contributed by atoms with E-state index in [0.29, 0.717) is 12.0 Å². The van der Waals surface area contributed by atoms with Crippen LogP contribution in [0.2, 0.25) is 0 Å². The number of amides is 1. The van der Waals surface area contributed by atoms with Gasteiger partial charge in [-0.2, -0.15) is 0 Å². The van der Waals surface area contributed by atoms with Gasteiger partial charge in [0.25, 0.3) is 5.91 Å². The maximum Gasteiger partial charge on any atom is 0.253 e. The fourth-order valence-electron chi connectivity index (χ4n) is 3.84. The van der Waals surface area contributed by atoms with Crippen LogP contribution in [0.25, 0.3) is 0 Å². The predicted octanol–water partition coefficient (Wildman–Crippen LogP) is 3.98. The summed E-state index contributed by atoms with van der Waals surface area (Å²) < 4.78 is 0. The van der Waals surface area contributed by atoms with Crippen LogP contribution in [0.5, 0.6) is 0 Å². The lowest BCUT2D eigenvalue weighted by Crippen LogP contribution is -2.49. The Hall–Kier alpha value is -1.31. The number of carbonyl (C=O) groups excluding carboxylic acids is 1. The Morgan fingerprint density at radius 2 is 1.96 bits per heavy atom. The number of piperidine rings is 1. The van der Waals surface area contributed by atoms with Gasteiger partial charge in [0.1, 0.15) is 0 Å². The monoisotopic (exact) mass is 486 g/mol. The maximum absolute atomic E-state index is 12.0. The standard InChI is InChI=1S/C21H34N4O.HI/c1-6-12-21(2)13-7-14-25(16-21)20(22-3)23-15-17-8-10-18(11-9-17)19(26)24(4)5;/h8-11H,6-7,12-16H2,1-5H3,(H,22,23);1H. The number of hydrogen-bond acceptors (Lipinski definition) is 2. The Bertz CT molecular complexity index is 626. The van der Waals surface area contributed by atoms with Gasteiger partial charge >= 0.3 is 0 Å². The van der Waals surface area contributed by atoms with E-state index in [1.54, 1.807) is 19.0 Å². The number of rotatable bonds is 5. The van der Waals surface area contributed by atoms with Gasteiger partial charge in [-0.05, 0) is 42.4 Å². The Kier molecular flexibility index (Phi) is 9.56. The average Bonchev–Trinajstić information content (AvgIpc) is 2.62. The van der Waals surface area contributed by atoms with Gasteiger partial charge in [0.2, 0.25) is 0 Å². The van der Waals surface area contributed by atoms with Crippen molar-refractivity contribution < 1.29 is 4.79 Å². The summed E-state index contributed by atoms with van der Waals surface area (Å²) in [7, 11) is 5.40. The zero-order valence-electron chi connectivity index (χ0n) is 17.4. The molecule has 1 N–H and O–H groups in total. The van der Waals surface area contributed by atoms with E-state index in [1.807, 2.05) is 31.3 Å². The minimum Gasteiger partial charge on any atom is -0.352 e. The van der Waals surface area contributed by atoms with Crippen molar-refractivity contribution in [3.05, 3.63) is 35.4 Å². The summed E-state index contributed by atoms with van der Waals surface area (Å²) in [5, 5.41) is 3.49. The number of nitrogens with zero attached hydrogens (tertiary/aromatic N) is 3. The van der Waals surface area contributed by atoms with Gasteiger partial charge in [0.05, 0.1) is 0 Å². The molecule has 0 saturated carbocycles. The molecule has 1 amide bonds. The first kappa shape index (κ1) is 23.7. The quantitative estimate of drug-likeness (QED) is 0.389. The highest BCUT2D eigenvalue weighted by Crippen LogP contribution is 2.33. The molecule has 1 aromatic rings. The number of aliphatic imine (C=N–C) groups is 1. The van der Waals surface area contributed by atoms with Crippen molar-refractivity contribution in [3.8, 4) is 0 Å². The molecule has 1 aliphatic rings. The lowest BCUT2D eigenvalue weighted by molar-refractivity contribution is 0.0827. The highest BCUT2D eigenvalue weighted by molar-refractivity contribution is 14.0. The molecule has 1 aliphatic heterocycles. The molecular weight excluding hydrogens is 451 g/mol. The summed E-state index contributed by atoms with van der Waals surface area (Å²) in [4.78, 5) is 20.5. The molecule has 1 saturated heterocycles. The first-order chi connectivity index (χ1) is 12.4. The van der Waals surface area contributed by atoms with Crippen LogP contribution in [0, 0.1) is 5.41 Å². The first-order valence-electron chi connectivity index (χ1n) is 9.65. The number of halogens is 1. The van der Waals surface area contributed by atoms with Crippen LogP contribution in [0.15, 0.2) is 29.3 Å². The van der Waals surface area contributed by atoms with Crippen molar-refractivity contribution in [2.75, 3.05) is 34.2 Å². The summed E-state index contributed by atoms with van der Waals surface area (Å²) in [5.41, 5.74) is 2.25. The molecule has 6 heteroatoms. The highest BCUT2D eigenvalue weighted by atomic mass is 127. The summed E-state index contributed by atoms with van der Waals surface area (Å²) in [6.07, 6.45) is 5.02. The zero-order valence-corrected chi connectivity index (χ0v) is 19.7. The minimum absolute atomic E-state index is 0. The van der Waals surface area contributed by atoms with E-state index in [2.05, 4.69) is 29.1 Å². The van der Waals surface area contributed by atoms with Gasteiger partial charge in [-0.3, -0.25) is 9.79 Å². The van der Waals surface area contributed by atoms with Crippen LogP contribution in [0.4, 0.5) is 0 Å². The number of benzene rings is 1. The highest BCUT2D eigenvalue weighted by Gasteiger charge is 2.31. The predicted molar refractivity (Wildman–Crippen MR) is 124 cm³/mol. The number of likely N-dealkylation sites (tertiary alicyclic amines) is 1. The second kappa shape index (κ2) is 10.9. The summed E-state index contributed by atoms with van der Waals surface area (Å²) in [6, 6.07) is 7.80. The van der Waals surface area contributed by atoms with Crippen molar-refractivity contribution in [2.24, 2.45) is 10.4 Å². The van der Waals surface area contributed by atoms with Crippen LogP contribution in [-0.2, 0) is 6.54 Å². The molecule has 5 nitrogen and oxygen atoms in total. The molecule has 2 rings (SSSR count). The van der Waals surface area contributed by atoms with Crippen molar-refractivity contribution >= 4 is 35.8 Å². The molecule has 1 fully saturated rings. The number of hydrogen-bond donors (Lipinski definition) is 1. The third kappa shape index (κ3) is 6.66. The summed E-state index contributed by atoms with van der Waals surface area (Å²) in [6.45, 7) is 7.51. The third-order valence-electron chi connectivity index (χ3n) is 5.20. The molecule has 0 aliphatic carbocycles. The number of nitrogens with one attached hydrogen (secondary N) is 1. The smallest absolute Gasteiger partial charge is 0.253 e. The molecule has 0 aromatic heterocycles. The SMILES string of the molecule is CCCC1(C)CCCN(C(=NC)NCc2ccc(C(=O)N(C)C)cc2)C1.I. The first-order valence-corrected chi connectivity index (χ1v) is 9.65. The zero-order chi connectivity index (χ0) is 19.2. The lowest BCUT2D eigenvalue weighted by atomic mass is 9.78. The molecule has 152 valence electrons. The molecule has 1 atom stereocenters. The third-order valence-corrected chi connectivity index (χ3v) is 5.20. The van der Waals surface area contributed by atoms with E-state index in [0.717, 1.165) is 30.2 Å². The Labute approximate surface area is 181 Å². The van der Waals surface area contributed by atoms with Crippen LogP contribution in [0.3, 0.4) is 0 Å². The van der Waals surface area contributed by atoms with Gasteiger partial charge in [-0.25, -0.2) is 0 Å². The van der Waals surface area contributed by atoms with Crippen LogP contribution < -0.4 is 5.32 Å². The molecule has 1 aromatic carbocycles. The van der Waals surface area contributed by atoms with Crippen molar-refractivity contribution in [2.45, 2.75) is 46.1 Å². The van der Waals surface area contributed by atoms with Crippen molar-refractivity contribution in [1.82, 2.24) is 15.1 Å². The molecule has 0 radical (unpaired) electrons. The summed E-state index contributed by atoms with van der Waals surface area (Å²) in [5.74, 6) is 1.00. The van der Waals surface area contributed by atoms with Crippen LogP contribution in [-0.4, -0.2) is 55.9 Å². The fraction of sp³-hybridized carbons (Fsp3) is 0.619. The lowest BCUT2D eigenvalue weighted by Gasteiger charge is -2.42. The molecule has 0 bridgehead atoms. The van der Waals surface area contributed by atoms with E-state index in [9.17, 15) is 4.79 Å². The van der Waals surface area contributed by atoms with Crippen LogP contribution >= 0.6 is 24.0 Å². The second-order valence-corrected chi connectivity index (χ2v) is 7.88. The molecule has 0 spiro atoms. The van der Waals surface area contributed by atoms with Crippen molar-refractivity contribution in [3.63, 3.8) is 0 Å². The minimum atomic E-state index is 0. The van der Waals surface area contributed by atoms with E-state index in [4.69, 9.17) is 0 Å². The Morgan fingerprint density at radius 1 is 1.30 bits per heavy atom. The molecule has 27 heavy (non-hydrogen) atoms.